The van der Waals surface area contributed by atoms with Gasteiger partial charge in [-0.1, -0.05) is 69.3 Å². The standard InChI is InChI=1S/C24H31NO2Si/c1-17-15-19-13-10-14-20(21(26)16-27-28(5,6)24(2,3)4)23(19)25-22(17)18-11-8-7-9-12-18/h7-15,21,26H,16H2,1-6H3. The number of aliphatic hydroxyl groups excluding tert-OH is 1. The molecule has 0 saturated carbocycles. The lowest BCUT2D eigenvalue weighted by Crippen LogP contribution is -2.41. The van der Waals surface area contributed by atoms with E-state index in [1.807, 2.05) is 30.3 Å². The van der Waals surface area contributed by atoms with E-state index in [-0.39, 0.29) is 5.04 Å². The van der Waals surface area contributed by atoms with Crippen LogP contribution < -0.4 is 0 Å². The first kappa shape index (κ1) is 20.7. The lowest BCUT2D eigenvalue weighted by Gasteiger charge is -2.36. The number of hydrogen-bond acceptors (Lipinski definition) is 3. The molecule has 148 valence electrons. The van der Waals surface area contributed by atoms with Crippen LogP contribution in [0.4, 0.5) is 0 Å². The number of fused-ring (bicyclic) bond motifs is 1. The number of aromatic nitrogens is 1. The third kappa shape index (κ3) is 4.19. The van der Waals surface area contributed by atoms with Crippen molar-refractivity contribution in [3.05, 3.63) is 65.7 Å². The van der Waals surface area contributed by atoms with E-state index in [2.05, 4.69) is 65.1 Å². The summed E-state index contributed by atoms with van der Waals surface area (Å²) in [5.41, 5.74) is 4.84. The SMILES string of the molecule is Cc1cc2cccc(C(O)CO[Si](C)(C)C(C)(C)C)c2nc1-c1ccccc1. The average Bonchev–Trinajstić information content (AvgIpc) is 2.65. The van der Waals surface area contributed by atoms with E-state index in [0.29, 0.717) is 6.61 Å². The predicted octanol–water partition coefficient (Wildman–Crippen LogP) is 6.27. The monoisotopic (exact) mass is 393 g/mol. The van der Waals surface area contributed by atoms with Crippen molar-refractivity contribution in [2.45, 2.75) is 51.9 Å². The smallest absolute Gasteiger partial charge is 0.192 e. The number of rotatable bonds is 5. The highest BCUT2D eigenvalue weighted by Gasteiger charge is 2.37. The molecule has 0 fully saturated rings. The van der Waals surface area contributed by atoms with E-state index >= 15 is 0 Å². The third-order valence-corrected chi connectivity index (χ3v) is 10.4. The number of nitrogens with zero attached hydrogens (tertiary/aromatic N) is 1. The molecule has 0 bridgehead atoms. The second kappa shape index (κ2) is 7.78. The molecule has 0 spiro atoms. The predicted molar refractivity (Wildman–Crippen MR) is 120 cm³/mol. The number of aryl methyl sites for hydroxylation is 1. The minimum atomic E-state index is -1.92. The lowest BCUT2D eigenvalue weighted by atomic mass is 10.0. The van der Waals surface area contributed by atoms with E-state index < -0.39 is 14.4 Å². The normalized spacial score (nSPS) is 13.7. The van der Waals surface area contributed by atoms with Crippen LogP contribution in [0.1, 0.15) is 38.0 Å². The summed E-state index contributed by atoms with van der Waals surface area (Å²) in [5.74, 6) is 0. The third-order valence-electron chi connectivity index (χ3n) is 5.88. The molecule has 0 aliphatic heterocycles. The molecule has 0 aliphatic rings. The molecule has 0 amide bonds. The van der Waals surface area contributed by atoms with Gasteiger partial charge in [0.1, 0.15) is 6.10 Å². The number of aliphatic hydroxyl groups is 1. The average molecular weight is 394 g/mol. The van der Waals surface area contributed by atoms with Gasteiger partial charge in [0.05, 0.1) is 17.8 Å². The molecule has 0 radical (unpaired) electrons. The van der Waals surface area contributed by atoms with Gasteiger partial charge in [-0.3, -0.25) is 0 Å². The number of pyridine rings is 1. The molecule has 3 nitrogen and oxygen atoms in total. The zero-order valence-corrected chi connectivity index (χ0v) is 18.8. The van der Waals surface area contributed by atoms with Crippen molar-refractivity contribution < 1.29 is 9.53 Å². The molecule has 1 aromatic heterocycles. The van der Waals surface area contributed by atoms with Crippen LogP contribution in [0.2, 0.25) is 18.1 Å². The lowest BCUT2D eigenvalue weighted by molar-refractivity contribution is 0.101. The zero-order valence-electron chi connectivity index (χ0n) is 17.8. The van der Waals surface area contributed by atoms with Crippen molar-refractivity contribution in [2.75, 3.05) is 6.61 Å². The fourth-order valence-electron chi connectivity index (χ4n) is 3.08. The van der Waals surface area contributed by atoms with Crippen LogP contribution in [-0.2, 0) is 4.43 Å². The van der Waals surface area contributed by atoms with Crippen LogP contribution in [0, 0.1) is 6.92 Å². The minimum Gasteiger partial charge on any atom is -0.414 e. The Labute approximate surface area is 169 Å². The first-order valence-corrected chi connectivity index (χ1v) is 12.8. The van der Waals surface area contributed by atoms with Gasteiger partial charge in [0.25, 0.3) is 0 Å². The van der Waals surface area contributed by atoms with Gasteiger partial charge < -0.3 is 9.53 Å². The van der Waals surface area contributed by atoms with Crippen LogP contribution in [0.5, 0.6) is 0 Å². The summed E-state index contributed by atoms with van der Waals surface area (Å²) in [7, 11) is -1.92. The first-order chi connectivity index (χ1) is 13.1. The Bertz CT molecular complexity index is 961. The maximum Gasteiger partial charge on any atom is 0.192 e. The molecule has 3 aromatic rings. The van der Waals surface area contributed by atoms with Crippen molar-refractivity contribution in [3.63, 3.8) is 0 Å². The van der Waals surface area contributed by atoms with Crippen molar-refractivity contribution in [2.24, 2.45) is 0 Å². The minimum absolute atomic E-state index is 0.112. The van der Waals surface area contributed by atoms with E-state index in [1.54, 1.807) is 0 Å². The summed E-state index contributed by atoms with van der Waals surface area (Å²) in [6.45, 7) is 13.4. The summed E-state index contributed by atoms with van der Waals surface area (Å²) < 4.78 is 6.26. The highest BCUT2D eigenvalue weighted by Crippen LogP contribution is 2.37. The summed E-state index contributed by atoms with van der Waals surface area (Å²) >= 11 is 0. The van der Waals surface area contributed by atoms with E-state index in [4.69, 9.17) is 9.41 Å². The molecule has 2 aromatic carbocycles. The quantitative estimate of drug-likeness (QED) is 0.520. The summed E-state index contributed by atoms with van der Waals surface area (Å²) in [4.78, 5) is 4.95. The Balaban J connectivity index is 1.97. The van der Waals surface area contributed by atoms with Crippen LogP contribution in [0.15, 0.2) is 54.6 Å². The van der Waals surface area contributed by atoms with Crippen molar-refractivity contribution in [1.82, 2.24) is 4.98 Å². The van der Waals surface area contributed by atoms with Crippen LogP contribution in [0.3, 0.4) is 0 Å². The van der Waals surface area contributed by atoms with E-state index in [0.717, 1.165) is 33.3 Å². The van der Waals surface area contributed by atoms with Crippen LogP contribution >= 0.6 is 0 Å². The first-order valence-electron chi connectivity index (χ1n) is 9.88. The summed E-state index contributed by atoms with van der Waals surface area (Å²) in [6.07, 6.45) is -0.698. The van der Waals surface area contributed by atoms with E-state index in [1.165, 1.54) is 0 Å². The van der Waals surface area contributed by atoms with Gasteiger partial charge in [-0.25, -0.2) is 4.98 Å². The Morgan fingerprint density at radius 2 is 1.71 bits per heavy atom. The van der Waals surface area contributed by atoms with E-state index in [9.17, 15) is 5.11 Å². The zero-order chi connectivity index (χ0) is 20.5. The second-order valence-corrected chi connectivity index (χ2v) is 13.8. The van der Waals surface area contributed by atoms with Crippen molar-refractivity contribution in [3.8, 4) is 11.3 Å². The molecule has 28 heavy (non-hydrogen) atoms. The molecular weight excluding hydrogens is 362 g/mol. The highest BCUT2D eigenvalue weighted by atomic mass is 28.4. The maximum absolute atomic E-state index is 10.9. The molecule has 1 heterocycles. The summed E-state index contributed by atoms with van der Waals surface area (Å²) in [5, 5.41) is 12.1. The Morgan fingerprint density at radius 1 is 1.04 bits per heavy atom. The molecular formula is C24H31NO2Si. The van der Waals surface area contributed by atoms with Crippen molar-refractivity contribution >= 4 is 19.2 Å². The number of benzene rings is 2. The summed E-state index contributed by atoms with van der Waals surface area (Å²) in [6, 6.07) is 18.3. The van der Waals surface area contributed by atoms with Gasteiger partial charge in [0.15, 0.2) is 8.32 Å². The van der Waals surface area contributed by atoms with Gasteiger partial charge >= 0.3 is 0 Å². The largest absolute Gasteiger partial charge is 0.414 e. The molecule has 1 atom stereocenters. The Hall–Kier alpha value is -2.01. The molecule has 1 N–H and O–H groups in total. The van der Waals surface area contributed by atoms with Gasteiger partial charge in [-0.2, -0.15) is 0 Å². The number of para-hydroxylation sites is 1. The topological polar surface area (TPSA) is 42.4 Å². The van der Waals surface area contributed by atoms with Crippen LogP contribution in [0.25, 0.3) is 22.2 Å². The molecule has 3 rings (SSSR count). The number of hydrogen-bond donors (Lipinski definition) is 1. The Kier molecular flexibility index (Phi) is 5.76. The second-order valence-electron chi connectivity index (χ2n) is 9.03. The van der Waals surface area contributed by atoms with Gasteiger partial charge in [-0.15, -0.1) is 0 Å². The maximum atomic E-state index is 10.9. The molecule has 0 aliphatic carbocycles. The van der Waals surface area contributed by atoms with Gasteiger partial charge in [0.2, 0.25) is 0 Å². The van der Waals surface area contributed by atoms with Crippen LogP contribution in [-0.4, -0.2) is 25.0 Å². The molecule has 4 heteroatoms. The van der Waals surface area contributed by atoms with Gasteiger partial charge in [0, 0.05) is 16.5 Å². The highest BCUT2D eigenvalue weighted by molar-refractivity contribution is 6.74. The van der Waals surface area contributed by atoms with Crippen molar-refractivity contribution in [1.29, 1.82) is 0 Å². The molecule has 1 unspecified atom stereocenters. The van der Waals surface area contributed by atoms with Gasteiger partial charge in [-0.05, 0) is 36.7 Å². The molecule has 0 saturated heterocycles. The fourth-order valence-corrected chi connectivity index (χ4v) is 4.09. The fraction of sp³-hybridized carbons (Fsp3) is 0.375. The Morgan fingerprint density at radius 3 is 2.36 bits per heavy atom.